The Labute approximate surface area is 152 Å². The molecule has 26 heavy (non-hydrogen) atoms. The fraction of sp³-hybridized carbons (Fsp3) is 0.200. The number of methoxy groups -OCH3 is 1. The van der Waals surface area contributed by atoms with Gasteiger partial charge in [-0.3, -0.25) is 9.78 Å². The van der Waals surface area contributed by atoms with Gasteiger partial charge in [-0.25, -0.2) is 0 Å². The van der Waals surface area contributed by atoms with Crippen LogP contribution in [0.5, 0.6) is 5.75 Å². The van der Waals surface area contributed by atoms with E-state index in [-0.39, 0.29) is 5.91 Å². The molecule has 0 atom stereocenters. The van der Waals surface area contributed by atoms with E-state index in [1.807, 2.05) is 30.3 Å². The molecule has 3 aromatic rings. The predicted octanol–water partition coefficient (Wildman–Crippen LogP) is 3.27. The molecular formula is C20H21N3O3. The van der Waals surface area contributed by atoms with Crippen molar-refractivity contribution in [1.82, 2.24) is 10.3 Å². The number of benzene rings is 1. The molecule has 134 valence electrons. The van der Waals surface area contributed by atoms with Crippen molar-refractivity contribution in [3.05, 3.63) is 78.0 Å². The summed E-state index contributed by atoms with van der Waals surface area (Å²) in [6.45, 7) is 1.05. The Morgan fingerprint density at radius 3 is 2.88 bits per heavy atom. The van der Waals surface area contributed by atoms with Crippen LogP contribution in [0.15, 0.2) is 65.5 Å². The van der Waals surface area contributed by atoms with Crippen molar-refractivity contribution in [3.8, 4) is 5.75 Å². The van der Waals surface area contributed by atoms with E-state index >= 15 is 0 Å². The van der Waals surface area contributed by atoms with Gasteiger partial charge < -0.3 is 19.8 Å². The first-order valence-electron chi connectivity index (χ1n) is 8.37. The molecule has 0 spiro atoms. The number of aromatic nitrogens is 1. The van der Waals surface area contributed by atoms with Crippen molar-refractivity contribution < 1.29 is 13.9 Å². The Morgan fingerprint density at radius 2 is 2.08 bits per heavy atom. The van der Waals surface area contributed by atoms with Gasteiger partial charge in [0.15, 0.2) is 0 Å². The lowest BCUT2D eigenvalue weighted by Crippen LogP contribution is -2.22. The number of para-hydroxylation sites is 1. The van der Waals surface area contributed by atoms with Crippen LogP contribution in [0.3, 0.4) is 0 Å². The molecule has 3 rings (SSSR count). The van der Waals surface area contributed by atoms with Gasteiger partial charge in [-0.2, -0.15) is 0 Å². The van der Waals surface area contributed by atoms with Crippen molar-refractivity contribution in [2.45, 2.75) is 13.0 Å². The van der Waals surface area contributed by atoms with Crippen molar-refractivity contribution >= 4 is 11.6 Å². The number of pyridine rings is 1. The van der Waals surface area contributed by atoms with Crippen LogP contribution in [0, 0.1) is 0 Å². The van der Waals surface area contributed by atoms with Gasteiger partial charge in [-0.05, 0) is 36.2 Å². The van der Waals surface area contributed by atoms with Gasteiger partial charge in [0.25, 0.3) is 5.91 Å². The van der Waals surface area contributed by atoms with E-state index in [2.05, 4.69) is 15.6 Å². The number of carbonyl (C=O) groups is 1. The summed E-state index contributed by atoms with van der Waals surface area (Å²) in [7, 11) is 1.67. The number of rotatable bonds is 8. The largest absolute Gasteiger partial charge is 0.496 e. The van der Waals surface area contributed by atoms with E-state index in [9.17, 15) is 4.79 Å². The molecule has 1 aromatic carbocycles. The van der Waals surface area contributed by atoms with Gasteiger partial charge in [0.05, 0.1) is 31.2 Å². The number of carbonyl (C=O) groups excluding carboxylic acids is 1. The van der Waals surface area contributed by atoms with Gasteiger partial charge >= 0.3 is 0 Å². The van der Waals surface area contributed by atoms with Gasteiger partial charge in [-0.15, -0.1) is 0 Å². The fourth-order valence-corrected chi connectivity index (χ4v) is 2.59. The maximum Gasteiger partial charge on any atom is 0.253 e. The molecular weight excluding hydrogens is 330 g/mol. The van der Waals surface area contributed by atoms with Crippen molar-refractivity contribution in [1.29, 1.82) is 0 Å². The molecule has 0 aliphatic carbocycles. The Kier molecular flexibility index (Phi) is 5.88. The highest BCUT2D eigenvalue weighted by Crippen LogP contribution is 2.18. The number of hydrogen-bond donors (Lipinski definition) is 2. The Balaban J connectivity index is 1.54. The number of nitrogens with one attached hydrogen (secondary N) is 2. The molecule has 0 unspecified atom stereocenters. The number of amides is 1. The van der Waals surface area contributed by atoms with Crippen LogP contribution < -0.4 is 15.4 Å². The third-order valence-corrected chi connectivity index (χ3v) is 3.92. The van der Waals surface area contributed by atoms with Gasteiger partial charge in [0.1, 0.15) is 11.5 Å². The second-order valence-corrected chi connectivity index (χ2v) is 5.71. The number of nitrogens with zero attached hydrogens (tertiary/aromatic N) is 1. The molecule has 1 amide bonds. The topological polar surface area (TPSA) is 76.4 Å². The molecule has 0 fully saturated rings. The number of hydrogen-bond acceptors (Lipinski definition) is 5. The zero-order valence-corrected chi connectivity index (χ0v) is 14.6. The number of ether oxygens (including phenoxy) is 1. The molecule has 0 aliphatic heterocycles. The third kappa shape index (κ3) is 4.63. The standard InChI is InChI=1S/C20H21N3O3/c1-25-19-7-3-2-5-15(19)8-9-22-17-11-16(12-21-13-17)20(24)23-14-18-6-4-10-26-18/h2-7,10-13,22H,8-9,14H2,1H3,(H,23,24). The first-order chi connectivity index (χ1) is 12.8. The van der Waals surface area contributed by atoms with Crippen molar-refractivity contribution in [3.63, 3.8) is 0 Å². The first kappa shape index (κ1) is 17.5. The second-order valence-electron chi connectivity index (χ2n) is 5.71. The minimum atomic E-state index is -0.192. The average Bonchev–Trinajstić information content (AvgIpc) is 3.20. The minimum absolute atomic E-state index is 0.192. The van der Waals surface area contributed by atoms with E-state index in [0.717, 1.165) is 23.4 Å². The minimum Gasteiger partial charge on any atom is -0.496 e. The highest BCUT2D eigenvalue weighted by molar-refractivity contribution is 5.94. The Bertz CT molecular complexity index is 847. The summed E-state index contributed by atoms with van der Waals surface area (Å²) < 4.78 is 10.6. The van der Waals surface area contributed by atoms with Crippen LogP contribution in [0.1, 0.15) is 21.7 Å². The van der Waals surface area contributed by atoms with Crippen molar-refractivity contribution in [2.24, 2.45) is 0 Å². The molecule has 2 heterocycles. The smallest absolute Gasteiger partial charge is 0.253 e. The molecule has 0 aliphatic rings. The van der Waals surface area contributed by atoms with Gasteiger partial charge in [0, 0.05) is 18.9 Å². The molecule has 2 N–H and O–H groups in total. The summed E-state index contributed by atoms with van der Waals surface area (Å²) in [5.41, 5.74) is 2.42. The van der Waals surface area contributed by atoms with E-state index in [0.29, 0.717) is 24.4 Å². The molecule has 0 saturated heterocycles. The second kappa shape index (κ2) is 8.71. The van der Waals surface area contributed by atoms with Crippen LogP contribution in [-0.2, 0) is 13.0 Å². The van der Waals surface area contributed by atoms with Gasteiger partial charge in [0.2, 0.25) is 0 Å². The van der Waals surface area contributed by atoms with E-state index in [4.69, 9.17) is 9.15 Å². The van der Waals surface area contributed by atoms with Crippen molar-refractivity contribution in [2.75, 3.05) is 19.0 Å². The number of anilines is 1. The maximum absolute atomic E-state index is 12.2. The molecule has 6 heteroatoms. The normalized spacial score (nSPS) is 10.3. The zero-order valence-electron chi connectivity index (χ0n) is 14.6. The summed E-state index contributed by atoms with van der Waals surface area (Å²) in [6.07, 6.45) is 5.63. The van der Waals surface area contributed by atoms with Gasteiger partial charge in [-0.1, -0.05) is 18.2 Å². The van der Waals surface area contributed by atoms with E-state index < -0.39 is 0 Å². The maximum atomic E-state index is 12.2. The van der Waals surface area contributed by atoms with E-state index in [1.54, 1.807) is 37.9 Å². The quantitative estimate of drug-likeness (QED) is 0.651. The SMILES string of the molecule is COc1ccccc1CCNc1cncc(C(=O)NCc2ccco2)c1. The first-order valence-corrected chi connectivity index (χ1v) is 8.37. The number of furan rings is 1. The third-order valence-electron chi connectivity index (χ3n) is 3.92. The molecule has 2 aromatic heterocycles. The molecule has 0 radical (unpaired) electrons. The van der Waals surface area contributed by atoms with E-state index in [1.165, 1.54) is 0 Å². The summed E-state index contributed by atoms with van der Waals surface area (Å²) in [4.78, 5) is 16.4. The zero-order chi connectivity index (χ0) is 18.2. The Morgan fingerprint density at radius 1 is 1.19 bits per heavy atom. The lowest BCUT2D eigenvalue weighted by Gasteiger charge is -2.10. The summed E-state index contributed by atoms with van der Waals surface area (Å²) in [6, 6.07) is 13.3. The predicted molar refractivity (Wildman–Crippen MR) is 99.3 cm³/mol. The lowest BCUT2D eigenvalue weighted by molar-refractivity contribution is 0.0947. The summed E-state index contributed by atoms with van der Waals surface area (Å²) >= 11 is 0. The van der Waals surface area contributed by atoms with Crippen LogP contribution in [-0.4, -0.2) is 24.5 Å². The molecule has 6 nitrogen and oxygen atoms in total. The van der Waals surface area contributed by atoms with Crippen LogP contribution in [0.2, 0.25) is 0 Å². The molecule has 0 bridgehead atoms. The van der Waals surface area contributed by atoms with Crippen LogP contribution in [0.25, 0.3) is 0 Å². The average molecular weight is 351 g/mol. The highest BCUT2D eigenvalue weighted by Gasteiger charge is 2.08. The monoisotopic (exact) mass is 351 g/mol. The fourth-order valence-electron chi connectivity index (χ4n) is 2.59. The van der Waals surface area contributed by atoms with Crippen LogP contribution in [0.4, 0.5) is 5.69 Å². The summed E-state index contributed by atoms with van der Waals surface area (Å²) in [5.74, 6) is 1.39. The van der Waals surface area contributed by atoms with Crippen LogP contribution >= 0.6 is 0 Å². The highest BCUT2D eigenvalue weighted by atomic mass is 16.5. The summed E-state index contributed by atoms with van der Waals surface area (Å²) in [5, 5.41) is 6.10. The Hall–Kier alpha value is -3.28. The molecule has 0 saturated carbocycles. The lowest BCUT2D eigenvalue weighted by atomic mass is 10.1.